The third-order valence-electron chi connectivity index (χ3n) is 3.40. The van der Waals surface area contributed by atoms with Crippen molar-refractivity contribution in [3.8, 4) is 17.2 Å². The summed E-state index contributed by atoms with van der Waals surface area (Å²) in [4.78, 5) is 11.1. The number of nitrogens with one attached hydrogen (secondary N) is 1. The number of hydrogen-bond acceptors (Lipinski definition) is 6. The standard InChI is InChI=1S/C19H21ClN2O5/c1-24-17-10-5-7-14(13-21-22-19(23)25-2)18(17)27-12-6-11-26-16-9-4-3-8-15(16)20/h3-5,7-10,13H,6,11-12H2,1-2H3,(H,22,23)/b21-13-. The molecule has 0 aromatic heterocycles. The number of halogens is 1. The molecule has 27 heavy (non-hydrogen) atoms. The third kappa shape index (κ3) is 6.38. The Morgan fingerprint density at radius 3 is 2.56 bits per heavy atom. The molecule has 0 bridgehead atoms. The van der Waals surface area contributed by atoms with Gasteiger partial charge in [0.15, 0.2) is 11.5 Å². The molecule has 0 aliphatic heterocycles. The molecule has 0 fully saturated rings. The number of ether oxygens (including phenoxy) is 4. The van der Waals surface area contributed by atoms with Gasteiger partial charge in [-0.05, 0) is 24.3 Å². The summed E-state index contributed by atoms with van der Waals surface area (Å²) < 4.78 is 21.3. The molecule has 8 heteroatoms. The Labute approximate surface area is 162 Å². The van der Waals surface area contributed by atoms with Crippen molar-refractivity contribution in [3.63, 3.8) is 0 Å². The highest BCUT2D eigenvalue weighted by Crippen LogP contribution is 2.30. The molecule has 0 aliphatic rings. The lowest BCUT2D eigenvalue weighted by Gasteiger charge is -2.13. The molecule has 0 unspecified atom stereocenters. The highest BCUT2D eigenvalue weighted by molar-refractivity contribution is 6.32. The first-order valence-corrected chi connectivity index (χ1v) is 8.57. The first kappa shape index (κ1) is 20.4. The SMILES string of the molecule is COC(=O)N/N=C\c1cccc(OC)c1OCCCOc1ccccc1Cl. The Bertz CT molecular complexity index is 782. The van der Waals surface area contributed by atoms with Crippen LogP contribution in [0.3, 0.4) is 0 Å². The average molecular weight is 393 g/mol. The van der Waals surface area contributed by atoms with E-state index in [0.717, 1.165) is 0 Å². The zero-order chi connectivity index (χ0) is 19.5. The smallest absolute Gasteiger partial charge is 0.427 e. The van der Waals surface area contributed by atoms with Crippen LogP contribution >= 0.6 is 11.6 Å². The van der Waals surface area contributed by atoms with Crippen LogP contribution in [0, 0.1) is 0 Å². The van der Waals surface area contributed by atoms with E-state index in [0.29, 0.717) is 47.5 Å². The van der Waals surface area contributed by atoms with Crippen LogP contribution < -0.4 is 19.6 Å². The number of rotatable bonds is 9. The van der Waals surface area contributed by atoms with Crippen LogP contribution in [-0.2, 0) is 4.74 Å². The second-order valence-corrected chi connectivity index (χ2v) is 5.63. The Balaban J connectivity index is 1.92. The maximum absolute atomic E-state index is 11.1. The number of nitrogens with zero attached hydrogens (tertiary/aromatic N) is 1. The number of methoxy groups -OCH3 is 2. The Morgan fingerprint density at radius 1 is 1.07 bits per heavy atom. The lowest BCUT2D eigenvalue weighted by molar-refractivity contribution is 0.171. The summed E-state index contributed by atoms with van der Waals surface area (Å²) in [6, 6.07) is 12.7. The molecule has 0 aliphatic carbocycles. The minimum atomic E-state index is -0.659. The van der Waals surface area contributed by atoms with E-state index in [4.69, 9.17) is 25.8 Å². The summed E-state index contributed by atoms with van der Waals surface area (Å²) in [7, 11) is 2.81. The average Bonchev–Trinajstić information content (AvgIpc) is 2.69. The molecule has 2 aromatic rings. The molecule has 7 nitrogen and oxygen atoms in total. The maximum Gasteiger partial charge on any atom is 0.427 e. The van der Waals surface area contributed by atoms with Crippen LogP contribution in [0.1, 0.15) is 12.0 Å². The van der Waals surface area contributed by atoms with E-state index in [1.807, 2.05) is 18.2 Å². The summed E-state index contributed by atoms with van der Waals surface area (Å²) in [5, 5.41) is 4.39. The molecular formula is C19H21ClN2O5. The van der Waals surface area contributed by atoms with Gasteiger partial charge in [-0.1, -0.05) is 29.8 Å². The maximum atomic E-state index is 11.1. The van der Waals surface area contributed by atoms with Crippen molar-refractivity contribution in [2.24, 2.45) is 5.10 Å². The van der Waals surface area contributed by atoms with Crippen molar-refractivity contribution < 1.29 is 23.7 Å². The lowest BCUT2D eigenvalue weighted by atomic mass is 10.2. The highest BCUT2D eigenvalue weighted by atomic mass is 35.5. The molecule has 1 amide bonds. The van der Waals surface area contributed by atoms with Gasteiger partial charge >= 0.3 is 6.09 Å². The Hall–Kier alpha value is -2.93. The van der Waals surface area contributed by atoms with E-state index in [1.54, 1.807) is 31.4 Å². The van der Waals surface area contributed by atoms with Gasteiger partial charge in [-0.25, -0.2) is 10.2 Å². The van der Waals surface area contributed by atoms with Gasteiger partial charge in [0.2, 0.25) is 0 Å². The predicted octanol–water partition coefficient (Wildman–Crippen LogP) is 3.89. The number of hydrogen-bond donors (Lipinski definition) is 1. The normalized spacial score (nSPS) is 10.5. The minimum Gasteiger partial charge on any atom is -0.493 e. The van der Waals surface area contributed by atoms with Crippen molar-refractivity contribution in [3.05, 3.63) is 53.1 Å². The number of para-hydroxylation sites is 2. The van der Waals surface area contributed by atoms with Gasteiger partial charge in [-0.3, -0.25) is 0 Å². The quantitative estimate of drug-likeness (QED) is 0.398. The van der Waals surface area contributed by atoms with Gasteiger partial charge < -0.3 is 18.9 Å². The molecule has 0 atom stereocenters. The lowest BCUT2D eigenvalue weighted by Crippen LogP contribution is -2.16. The first-order valence-electron chi connectivity index (χ1n) is 8.20. The number of hydrazone groups is 1. The Morgan fingerprint density at radius 2 is 1.81 bits per heavy atom. The molecule has 2 rings (SSSR count). The second-order valence-electron chi connectivity index (χ2n) is 5.22. The zero-order valence-electron chi connectivity index (χ0n) is 15.1. The summed E-state index contributed by atoms with van der Waals surface area (Å²) in [6.45, 7) is 0.850. The van der Waals surface area contributed by atoms with Crippen molar-refractivity contribution in [1.82, 2.24) is 5.43 Å². The van der Waals surface area contributed by atoms with Crippen LogP contribution in [0.2, 0.25) is 5.02 Å². The van der Waals surface area contributed by atoms with Crippen molar-refractivity contribution in [2.45, 2.75) is 6.42 Å². The van der Waals surface area contributed by atoms with Crippen LogP contribution in [0.5, 0.6) is 17.2 Å². The van der Waals surface area contributed by atoms with Gasteiger partial charge in [0.25, 0.3) is 0 Å². The first-order chi connectivity index (χ1) is 13.2. The van der Waals surface area contributed by atoms with Gasteiger partial charge in [-0.15, -0.1) is 0 Å². The van der Waals surface area contributed by atoms with Gasteiger partial charge in [-0.2, -0.15) is 5.10 Å². The monoisotopic (exact) mass is 392 g/mol. The van der Waals surface area contributed by atoms with Crippen molar-refractivity contribution >= 4 is 23.9 Å². The number of amides is 1. The molecule has 0 spiro atoms. The minimum absolute atomic E-state index is 0.399. The van der Waals surface area contributed by atoms with Crippen LogP contribution in [-0.4, -0.2) is 39.7 Å². The van der Waals surface area contributed by atoms with Gasteiger partial charge in [0.05, 0.1) is 38.7 Å². The molecular weight excluding hydrogens is 372 g/mol. The summed E-state index contributed by atoms with van der Waals surface area (Å²) in [6.07, 6.45) is 1.43. The van der Waals surface area contributed by atoms with E-state index < -0.39 is 6.09 Å². The Kier molecular flexibility index (Phi) is 8.25. The van der Waals surface area contributed by atoms with Gasteiger partial charge in [0.1, 0.15) is 5.75 Å². The molecule has 144 valence electrons. The fourth-order valence-corrected chi connectivity index (χ4v) is 2.32. The number of carbonyl (C=O) groups excluding carboxylic acids is 1. The largest absolute Gasteiger partial charge is 0.493 e. The van der Waals surface area contributed by atoms with E-state index in [-0.39, 0.29) is 0 Å². The predicted molar refractivity (Wildman–Crippen MR) is 103 cm³/mol. The van der Waals surface area contributed by atoms with Crippen molar-refractivity contribution in [2.75, 3.05) is 27.4 Å². The second kappa shape index (κ2) is 10.9. The van der Waals surface area contributed by atoms with E-state index in [9.17, 15) is 4.79 Å². The number of carbonyl (C=O) groups is 1. The highest BCUT2D eigenvalue weighted by Gasteiger charge is 2.09. The molecule has 0 saturated carbocycles. The summed E-state index contributed by atoms with van der Waals surface area (Å²) >= 11 is 6.05. The van der Waals surface area contributed by atoms with E-state index in [1.165, 1.54) is 13.3 Å². The zero-order valence-corrected chi connectivity index (χ0v) is 15.9. The van der Waals surface area contributed by atoms with E-state index >= 15 is 0 Å². The molecule has 0 saturated heterocycles. The van der Waals surface area contributed by atoms with Crippen molar-refractivity contribution in [1.29, 1.82) is 0 Å². The summed E-state index contributed by atoms with van der Waals surface area (Å²) in [5.41, 5.74) is 2.88. The number of benzene rings is 2. The summed E-state index contributed by atoms with van der Waals surface area (Å²) in [5.74, 6) is 1.72. The van der Waals surface area contributed by atoms with E-state index in [2.05, 4.69) is 15.3 Å². The fourth-order valence-electron chi connectivity index (χ4n) is 2.13. The topological polar surface area (TPSA) is 78.4 Å². The van der Waals surface area contributed by atoms with Crippen LogP contribution in [0.25, 0.3) is 0 Å². The van der Waals surface area contributed by atoms with Crippen LogP contribution in [0.15, 0.2) is 47.6 Å². The molecule has 0 heterocycles. The molecule has 1 N–H and O–H groups in total. The van der Waals surface area contributed by atoms with Gasteiger partial charge in [0, 0.05) is 12.0 Å². The fraction of sp³-hybridized carbons (Fsp3) is 0.263. The third-order valence-corrected chi connectivity index (χ3v) is 3.72. The molecule has 2 aromatic carbocycles. The molecule has 0 radical (unpaired) electrons. The van der Waals surface area contributed by atoms with Crippen LogP contribution in [0.4, 0.5) is 4.79 Å².